The molecule has 1 heterocycles. The quantitative estimate of drug-likeness (QED) is 0.550. The topological polar surface area (TPSA) is 96.9 Å². The highest BCUT2D eigenvalue weighted by molar-refractivity contribution is 6.42. The molecule has 31 heavy (non-hydrogen) atoms. The highest BCUT2D eigenvalue weighted by atomic mass is 35.5. The van der Waals surface area contributed by atoms with Gasteiger partial charge in [-0.3, -0.25) is 4.79 Å². The zero-order valence-electron chi connectivity index (χ0n) is 16.5. The van der Waals surface area contributed by atoms with Crippen LogP contribution < -0.4 is 15.4 Å². The molecule has 2 atom stereocenters. The summed E-state index contributed by atoms with van der Waals surface area (Å²) in [7, 11) is 0. The molecule has 0 bridgehead atoms. The molecule has 3 N–H and O–H groups in total. The summed E-state index contributed by atoms with van der Waals surface area (Å²) in [6, 6.07) is 11.6. The smallest absolute Gasteiger partial charge is 0.339 e. The molecule has 7 nitrogen and oxygen atoms in total. The molecule has 10 heteroatoms. The van der Waals surface area contributed by atoms with Crippen LogP contribution in [0, 0.1) is 5.92 Å². The number of nitrogens with one attached hydrogen (secondary N) is 2. The fourth-order valence-corrected chi connectivity index (χ4v) is 3.54. The van der Waals surface area contributed by atoms with E-state index in [9.17, 15) is 14.7 Å². The van der Waals surface area contributed by atoms with E-state index in [1.165, 1.54) is 12.1 Å². The fourth-order valence-electron chi connectivity index (χ4n) is 3.23. The highest BCUT2D eigenvalue weighted by Crippen LogP contribution is 2.31. The molecule has 2 aromatic rings. The van der Waals surface area contributed by atoms with Crippen molar-refractivity contribution in [3.05, 3.63) is 63.6 Å². The van der Waals surface area contributed by atoms with Gasteiger partial charge in [0.2, 0.25) is 0 Å². The number of carbonyl (C=O) groups excluding carboxylic acids is 1. The fraction of sp³-hybridized carbons (Fsp3) is 0.333. The number of benzene rings is 2. The molecule has 1 aliphatic heterocycles. The Labute approximate surface area is 196 Å². The van der Waals surface area contributed by atoms with Crippen molar-refractivity contribution >= 4 is 47.5 Å². The van der Waals surface area contributed by atoms with E-state index < -0.39 is 5.97 Å². The van der Waals surface area contributed by atoms with Gasteiger partial charge < -0.3 is 25.2 Å². The first-order chi connectivity index (χ1) is 14.5. The lowest BCUT2D eigenvalue weighted by Crippen LogP contribution is -2.38. The maximum absolute atomic E-state index is 12.3. The number of amides is 1. The summed E-state index contributed by atoms with van der Waals surface area (Å²) in [4.78, 5) is 23.5. The summed E-state index contributed by atoms with van der Waals surface area (Å²) in [5.74, 6) is -1.36. The molecule has 0 spiro atoms. The highest BCUT2D eigenvalue weighted by Gasteiger charge is 2.27. The summed E-state index contributed by atoms with van der Waals surface area (Å²) in [6.45, 7) is 1.94. The largest absolute Gasteiger partial charge is 0.483 e. The normalized spacial score (nSPS) is 18.4. The minimum absolute atomic E-state index is 0. The Morgan fingerprint density at radius 1 is 1.19 bits per heavy atom. The van der Waals surface area contributed by atoms with E-state index in [0.29, 0.717) is 36.3 Å². The predicted molar refractivity (Wildman–Crippen MR) is 121 cm³/mol. The lowest BCUT2D eigenvalue weighted by atomic mass is 9.95. The Bertz CT molecular complexity index is 912. The van der Waals surface area contributed by atoms with Crippen molar-refractivity contribution < 1.29 is 24.2 Å². The van der Waals surface area contributed by atoms with Gasteiger partial charge in [-0.1, -0.05) is 41.4 Å². The van der Waals surface area contributed by atoms with E-state index in [1.807, 2.05) is 6.07 Å². The number of carbonyl (C=O) groups is 2. The molecule has 1 amide bonds. The van der Waals surface area contributed by atoms with Crippen LogP contribution in [0.4, 0.5) is 0 Å². The first kappa shape index (κ1) is 25.2. The summed E-state index contributed by atoms with van der Waals surface area (Å²) >= 11 is 12.2. The second-order valence-corrected chi connectivity index (χ2v) is 7.64. The molecule has 2 aromatic carbocycles. The molecule has 1 fully saturated rings. The molecule has 3 rings (SSSR count). The summed E-state index contributed by atoms with van der Waals surface area (Å²) in [5.41, 5.74) is 0.894. The van der Waals surface area contributed by atoms with E-state index in [0.717, 1.165) is 5.56 Å². The Hall–Kier alpha value is -2.03. The van der Waals surface area contributed by atoms with Crippen molar-refractivity contribution in [3.8, 4) is 5.75 Å². The summed E-state index contributed by atoms with van der Waals surface area (Å²) in [5, 5.41) is 16.2. The van der Waals surface area contributed by atoms with Crippen LogP contribution in [0.15, 0.2) is 42.5 Å². The van der Waals surface area contributed by atoms with E-state index in [1.54, 1.807) is 24.3 Å². The number of hydrogen-bond acceptors (Lipinski definition) is 5. The van der Waals surface area contributed by atoms with Crippen LogP contribution in [0.2, 0.25) is 10.0 Å². The molecule has 0 aromatic heterocycles. The van der Waals surface area contributed by atoms with Crippen LogP contribution in [-0.4, -0.2) is 49.8 Å². The van der Waals surface area contributed by atoms with Crippen molar-refractivity contribution in [2.45, 2.75) is 6.10 Å². The number of carboxylic acids is 1. The Balaban J connectivity index is 0.00000341. The van der Waals surface area contributed by atoms with E-state index in [-0.39, 0.29) is 48.3 Å². The van der Waals surface area contributed by atoms with E-state index >= 15 is 0 Å². The summed E-state index contributed by atoms with van der Waals surface area (Å²) < 4.78 is 11.4. The van der Waals surface area contributed by atoms with Crippen molar-refractivity contribution in [1.29, 1.82) is 0 Å². The molecule has 0 saturated carbocycles. The third kappa shape index (κ3) is 6.98. The minimum atomic E-state index is -1.11. The Morgan fingerprint density at radius 2 is 1.97 bits per heavy atom. The molecule has 1 aliphatic rings. The maximum Gasteiger partial charge on any atom is 0.339 e. The molecule has 168 valence electrons. The number of halogens is 3. The van der Waals surface area contributed by atoms with E-state index in [4.69, 9.17) is 32.7 Å². The van der Waals surface area contributed by atoms with Crippen LogP contribution >= 0.6 is 35.6 Å². The minimum Gasteiger partial charge on any atom is -0.483 e. The predicted octanol–water partition coefficient (Wildman–Crippen LogP) is 3.59. The third-order valence-electron chi connectivity index (χ3n) is 4.72. The van der Waals surface area contributed by atoms with Gasteiger partial charge in [-0.2, -0.15) is 0 Å². The molecule has 0 aliphatic carbocycles. The molecule has 1 saturated heterocycles. The van der Waals surface area contributed by atoms with Crippen molar-refractivity contribution in [1.82, 2.24) is 10.6 Å². The van der Waals surface area contributed by atoms with Crippen LogP contribution in [0.1, 0.15) is 22.0 Å². The monoisotopic (exact) mass is 488 g/mol. The average Bonchev–Trinajstić information content (AvgIpc) is 2.98. The Morgan fingerprint density at radius 3 is 2.71 bits per heavy atom. The van der Waals surface area contributed by atoms with Gasteiger partial charge in [-0.25, -0.2) is 4.79 Å². The molecule has 0 radical (unpaired) electrons. The lowest BCUT2D eigenvalue weighted by Gasteiger charge is -2.25. The van der Waals surface area contributed by atoms with Gasteiger partial charge in [-0.15, -0.1) is 12.4 Å². The van der Waals surface area contributed by atoms with Gasteiger partial charge in [0.15, 0.2) is 6.61 Å². The van der Waals surface area contributed by atoms with Gasteiger partial charge in [0.05, 0.1) is 22.8 Å². The van der Waals surface area contributed by atoms with Crippen LogP contribution in [0.25, 0.3) is 0 Å². The molecule has 0 unspecified atom stereocenters. The number of hydrogen-bond donors (Lipinski definition) is 3. The van der Waals surface area contributed by atoms with Gasteiger partial charge in [0.25, 0.3) is 5.91 Å². The SMILES string of the molecule is Cl.O=C(COc1ccccc1C(=O)O)NC[C@@H]1CNCCO[C@H]1c1ccc(Cl)c(Cl)c1. The van der Waals surface area contributed by atoms with Crippen molar-refractivity contribution in [2.75, 3.05) is 32.8 Å². The van der Waals surface area contributed by atoms with Gasteiger partial charge in [0, 0.05) is 25.6 Å². The summed E-state index contributed by atoms with van der Waals surface area (Å²) in [6.07, 6.45) is -0.260. The number of ether oxygens (including phenoxy) is 2. The second-order valence-electron chi connectivity index (χ2n) is 6.82. The first-order valence-corrected chi connectivity index (χ1v) is 10.2. The maximum atomic E-state index is 12.3. The second kappa shape index (κ2) is 12.1. The molecular weight excluding hydrogens is 467 g/mol. The zero-order valence-corrected chi connectivity index (χ0v) is 18.8. The zero-order chi connectivity index (χ0) is 21.5. The number of carboxylic acid groups (broad SMARTS) is 1. The van der Waals surface area contributed by atoms with Crippen LogP contribution in [-0.2, 0) is 9.53 Å². The van der Waals surface area contributed by atoms with Crippen LogP contribution in [0.5, 0.6) is 5.75 Å². The van der Waals surface area contributed by atoms with Gasteiger partial charge >= 0.3 is 5.97 Å². The Kier molecular flexibility index (Phi) is 9.87. The molecular formula is C21H23Cl3N2O5. The number of para-hydroxylation sites is 1. The van der Waals surface area contributed by atoms with Crippen molar-refractivity contribution in [2.24, 2.45) is 5.92 Å². The average molecular weight is 490 g/mol. The first-order valence-electron chi connectivity index (χ1n) is 9.45. The lowest BCUT2D eigenvalue weighted by molar-refractivity contribution is -0.123. The number of rotatable bonds is 7. The van der Waals surface area contributed by atoms with Crippen molar-refractivity contribution in [3.63, 3.8) is 0 Å². The van der Waals surface area contributed by atoms with E-state index in [2.05, 4.69) is 10.6 Å². The van der Waals surface area contributed by atoms with Gasteiger partial charge in [-0.05, 0) is 29.8 Å². The van der Waals surface area contributed by atoms with Gasteiger partial charge in [0.1, 0.15) is 11.3 Å². The van der Waals surface area contributed by atoms with Crippen LogP contribution in [0.3, 0.4) is 0 Å². The number of aromatic carboxylic acids is 1. The third-order valence-corrected chi connectivity index (χ3v) is 5.46. The standard InChI is InChI=1S/C21H22Cl2N2O5.ClH/c22-16-6-5-13(9-17(16)23)20-14(10-24-7-8-29-20)11-25-19(26)12-30-18-4-2-1-3-15(18)21(27)28;/h1-6,9,14,20,24H,7-8,10-12H2,(H,25,26)(H,27,28);1H/t14-,20-;/m0./s1.